The highest BCUT2D eigenvalue weighted by molar-refractivity contribution is 5.73. The van der Waals surface area contributed by atoms with Gasteiger partial charge in [0, 0.05) is 47.7 Å². The van der Waals surface area contributed by atoms with Crippen LogP contribution in [0, 0.1) is 33.5 Å². The fourth-order valence-electron chi connectivity index (χ4n) is 10.9. The van der Waals surface area contributed by atoms with E-state index in [1.54, 1.807) is 12.2 Å². The number of hydrogen-bond acceptors (Lipinski definition) is 10. The second-order valence-corrected chi connectivity index (χ2v) is 15.9. The minimum atomic E-state index is -1.99. The molecular weight excluding hydrogens is 568 g/mol. The van der Waals surface area contributed by atoms with Crippen molar-refractivity contribution in [3.8, 4) is 0 Å². The predicted octanol–water partition coefficient (Wildman–Crippen LogP) is 4.11. The lowest BCUT2D eigenvalue weighted by molar-refractivity contribution is -0.211. The minimum Gasteiger partial charge on any atom is -0.458 e. The van der Waals surface area contributed by atoms with Gasteiger partial charge in [-0.3, -0.25) is 14.4 Å². The summed E-state index contributed by atoms with van der Waals surface area (Å²) in [6.07, 6.45) is 3.58. The van der Waals surface area contributed by atoms with Gasteiger partial charge in [-0.25, -0.2) is 0 Å². The van der Waals surface area contributed by atoms with Crippen molar-refractivity contribution in [2.45, 2.75) is 136 Å². The topological polar surface area (TPSA) is 138 Å². The Balaban J connectivity index is 1.50. The van der Waals surface area contributed by atoms with Crippen molar-refractivity contribution in [3.05, 3.63) is 23.3 Å². The van der Waals surface area contributed by atoms with E-state index in [0.29, 0.717) is 24.7 Å². The number of ether oxygens (including phenoxy) is 5. The van der Waals surface area contributed by atoms with Crippen LogP contribution in [-0.2, 0) is 38.1 Å². The van der Waals surface area contributed by atoms with E-state index in [4.69, 9.17) is 23.7 Å². The third-order valence-electron chi connectivity index (χ3n) is 12.4. The summed E-state index contributed by atoms with van der Waals surface area (Å²) in [6.45, 7) is 15.2. The molecule has 2 saturated heterocycles. The normalized spacial score (nSPS) is 48.5. The van der Waals surface area contributed by atoms with Crippen molar-refractivity contribution in [2.24, 2.45) is 33.5 Å². The fourth-order valence-corrected chi connectivity index (χ4v) is 10.9. The third kappa shape index (κ3) is 4.06. The summed E-state index contributed by atoms with van der Waals surface area (Å²) in [5.74, 6) is -1.44. The third-order valence-corrected chi connectivity index (χ3v) is 12.4. The monoisotopic (exact) mass is 616 g/mol. The lowest BCUT2D eigenvalue weighted by Gasteiger charge is -2.61. The lowest BCUT2D eigenvalue weighted by Crippen LogP contribution is -2.66. The molecule has 3 unspecified atom stereocenters. The van der Waals surface area contributed by atoms with Crippen molar-refractivity contribution < 1.29 is 48.3 Å². The number of esters is 2. The summed E-state index contributed by atoms with van der Waals surface area (Å²) in [6, 6.07) is 0. The summed E-state index contributed by atoms with van der Waals surface area (Å²) in [7, 11) is 0. The number of aldehydes is 1. The van der Waals surface area contributed by atoms with Gasteiger partial charge >= 0.3 is 11.9 Å². The minimum absolute atomic E-state index is 0.175. The predicted molar refractivity (Wildman–Crippen MR) is 156 cm³/mol. The Labute approximate surface area is 259 Å². The van der Waals surface area contributed by atoms with Crippen molar-refractivity contribution >= 4 is 18.2 Å². The fraction of sp³-hybridized carbons (Fsp3) is 0.794. The molecule has 244 valence electrons. The summed E-state index contributed by atoms with van der Waals surface area (Å²) < 4.78 is 31.3. The molecule has 10 heteroatoms. The van der Waals surface area contributed by atoms with Gasteiger partial charge in [-0.1, -0.05) is 54.4 Å². The molecular formula is C34H48O10. The van der Waals surface area contributed by atoms with Crippen LogP contribution in [0.5, 0.6) is 0 Å². The highest BCUT2D eigenvalue weighted by atomic mass is 16.8. The van der Waals surface area contributed by atoms with E-state index >= 15 is 0 Å². The maximum Gasteiger partial charge on any atom is 0.303 e. The van der Waals surface area contributed by atoms with Crippen LogP contribution in [0.15, 0.2) is 23.3 Å². The van der Waals surface area contributed by atoms with E-state index in [1.165, 1.54) is 13.8 Å². The van der Waals surface area contributed by atoms with Gasteiger partial charge in [0.25, 0.3) is 0 Å². The number of carbonyl (C=O) groups excluding carboxylic acids is 3. The number of aliphatic hydroxyl groups excluding tert-OH is 1. The van der Waals surface area contributed by atoms with E-state index in [2.05, 4.69) is 34.6 Å². The molecule has 0 aromatic heterocycles. The standard InChI is InChI=1S/C34H48O10/c1-18(36)40-22-15-20-26(38)42-28-34(20,32(8)14-10-12-30(5,6)25(22)32)44-27(43-28)21-16-23(41-19(2)37)24-29(3,4)11-9-13-31(24,7)33(21,39)17-35/h15-17,22-28,38-39H,9-14H2,1-8H3/t22-,23-,24?,25?,26?,27+,28+,31+,32+,33-,34+/m1/s1. The van der Waals surface area contributed by atoms with Crippen LogP contribution < -0.4 is 0 Å². The van der Waals surface area contributed by atoms with Crippen LogP contribution in [0.2, 0.25) is 0 Å². The molecule has 0 aromatic rings. The average molecular weight is 617 g/mol. The van der Waals surface area contributed by atoms with Crippen molar-refractivity contribution in [3.63, 3.8) is 0 Å². The quantitative estimate of drug-likeness (QED) is 0.270. The molecule has 10 nitrogen and oxygen atoms in total. The van der Waals surface area contributed by atoms with Crippen LogP contribution in [0.4, 0.5) is 0 Å². The Hall–Kier alpha value is -2.11. The maximum absolute atomic E-state index is 13.1. The smallest absolute Gasteiger partial charge is 0.303 e. The SMILES string of the molecule is CC(=O)O[C@@H]1C=C([C@H]2O[C@@H]3OC(O)C4=C[C@@H](OC(C)=O)C5C(C)(C)CCC[C@]5(C)[C@]43O2)[C@](O)(C=O)[C@@]2(C)CCCC(C)(C)C12. The van der Waals surface area contributed by atoms with Gasteiger partial charge in [-0.05, 0) is 48.7 Å². The first-order valence-electron chi connectivity index (χ1n) is 16.0. The van der Waals surface area contributed by atoms with Crippen molar-refractivity contribution in [2.75, 3.05) is 0 Å². The molecule has 2 heterocycles. The first kappa shape index (κ1) is 31.9. The van der Waals surface area contributed by atoms with Crippen molar-refractivity contribution in [1.82, 2.24) is 0 Å². The van der Waals surface area contributed by atoms with E-state index in [9.17, 15) is 24.6 Å². The molecule has 4 aliphatic carbocycles. The van der Waals surface area contributed by atoms with Gasteiger partial charge in [0.2, 0.25) is 0 Å². The molecule has 2 saturated carbocycles. The molecule has 0 radical (unpaired) electrons. The molecule has 11 atom stereocenters. The average Bonchev–Trinajstić information content (AvgIpc) is 3.38. The van der Waals surface area contributed by atoms with Crippen LogP contribution in [0.25, 0.3) is 0 Å². The van der Waals surface area contributed by atoms with Crippen LogP contribution in [0.1, 0.15) is 93.9 Å². The Morgan fingerprint density at radius 1 is 0.818 bits per heavy atom. The zero-order chi connectivity index (χ0) is 32.3. The van der Waals surface area contributed by atoms with E-state index in [-0.39, 0.29) is 28.2 Å². The molecule has 0 bridgehead atoms. The van der Waals surface area contributed by atoms with Gasteiger partial charge < -0.3 is 33.9 Å². The van der Waals surface area contributed by atoms with Gasteiger partial charge in [0.05, 0.1) is 0 Å². The summed E-state index contributed by atoms with van der Waals surface area (Å²) in [5.41, 5.74) is -5.02. The number of carbonyl (C=O) groups is 3. The molecule has 4 fully saturated rings. The molecule has 2 N–H and O–H groups in total. The van der Waals surface area contributed by atoms with E-state index in [1.807, 2.05) is 6.92 Å². The van der Waals surface area contributed by atoms with Gasteiger partial charge in [0.1, 0.15) is 12.2 Å². The Kier molecular flexibility index (Phi) is 7.20. The molecule has 0 aromatic carbocycles. The number of hydrogen-bond donors (Lipinski definition) is 2. The summed E-state index contributed by atoms with van der Waals surface area (Å²) in [4.78, 5) is 37.7. The van der Waals surface area contributed by atoms with Crippen LogP contribution >= 0.6 is 0 Å². The maximum atomic E-state index is 13.1. The van der Waals surface area contributed by atoms with Crippen LogP contribution in [-0.4, -0.2) is 70.7 Å². The van der Waals surface area contributed by atoms with E-state index < -0.39 is 65.0 Å². The Morgan fingerprint density at radius 3 is 1.84 bits per heavy atom. The molecule has 2 aliphatic heterocycles. The highest BCUT2D eigenvalue weighted by Gasteiger charge is 2.76. The van der Waals surface area contributed by atoms with Crippen LogP contribution in [0.3, 0.4) is 0 Å². The Morgan fingerprint density at radius 2 is 1.32 bits per heavy atom. The lowest BCUT2D eigenvalue weighted by atomic mass is 9.46. The second-order valence-electron chi connectivity index (χ2n) is 15.9. The number of rotatable bonds is 4. The van der Waals surface area contributed by atoms with Gasteiger partial charge in [-0.15, -0.1) is 0 Å². The zero-order valence-corrected chi connectivity index (χ0v) is 27.2. The highest BCUT2D eigenvalue weighted by Crippen LogP contribution is 2.69. The van der Waals surface area contributed by atoms with Gasteiger partial charge in [0.15, 0.2) is 36.4 Å². The molecule has 0 amide bonds. The first-order valence-corrected chi connectivity index (χ1v) is 16.0. The number of fused-ring (bicyclic) bond motifs is 2. The molecule has 6 aliphatic rings. The largest absolute Gasteiger partial charge is 0.458 e. The zero-order valence-electron chi connectivity index (χ0n) is 27.2. The molecule has 44 heavy (non-hydrogen) atoms. The Bertz CT molecular complexity index is 1320. The molecule has 6 rings (SSSR count). The summed E-state index contributed by atoms with van der Waals surface area (Å²) >= 11 is 0. The molecule has 1 spiro atoms. The first-order chi connectivity index (χ1) is 20.4. The van der Waals surface area contributed by atoms with Crippen molar-refractivity contribution in [1.29, 1.82) is 0 Å². The van der Waals surface area contributed by atoms with Gasteiger partial charge in [-0.2, -0.15) is 0 Å². The summed E-state index contributed by atoms with van der Waals surface area (Å²) in [5, 5.41) is 23.7. The number of aliphatic hydroxyl groups is 2. The second kappa shape index (κ2) is 9.94. The van der Waals surface area contributed by atoms with E-state index in [0.717, 1.165) is 25.7 Å².